The Bertz CT molecular complexity index is 1180. The molecule has 0 radical (unpaired) electrons. The number of nitrogens with zero attached hydrogens (tertiary/aromatic N) is 4. The molecule has 0 spiro atoms. The number of aromatic nitrogens is 2. The van der Waals surface area contributed by atoms with E-state index in [4.69, 9.17) is 9.47 Å². The van der Waals surface area contributed by atoms with Gasteiger partial charge in [0, 0.05) is 24.9 Å². The number of carbonyl (C=O) groups is 2. The Hall–Kier alpha value is -3.81. The average molecular weight is 496 g/mol. The third-order valence-corrected chi connectivity index (χ3v) is 5.24. The van der Waals surface area contributed by atoms with E-state index in [2.05, 4.69) is 15.3 Å². The molecule has 0 bridgehead atoms. The molecule has 1 N–H and O–H groups in total. The molecule has 0 atom stereocenters. The molecule has 34 heavy (non-hydrogen) atoms. The predicted molar refractivity (Wildman–Crippen MR) is 121 cm³/mol. The van der Waals surface area contributed by atoms with Crippen molar-refractivity contribution in [2.24, 2.45) is 0 Å². The summed E-state index contributed by atoms with van der Waals surface area (Å²) in [5, 5.41) is 13.4. The Kier molecular flexibility index (Phi) is 8.83. The van der Waals surface area contributed by atoms with Crippen LogP contribution in [0.2, 0.25) is 0 Å². The summed E-state index contributed by atoms with van der Waals surface area (Å²) in [7, 11) is -4.01. The van der Waals surface area contributed by atoms with Crippen molar-refractivity contribution in [3.05, 3.63) is 39.9 Å². The van der Waals surface area contributed by atoms with Gasteiger partial charge in [0.15, 0.2) is 0 Å². The second-order valence-corrected chi connectivity index (χ2v) is 8.71. The maximum Gasteiger partial charge on any atom is 0.373 e. The minimum atomic E-state index is -4.01. The highest BCUT2D eigenvalue weighted by Crippen LogP contribution is 2.36. The molecule has 184 valence electrons. The van der Waals surface area contributed by atoms with Crippen molar-refractivity contribution in [3.8, 4) is 11.6 Å². The first-order valence-electron chi connectivity index (χ1n) is 10.2. The molecule has 14 heteroatoms. The van der Waals surface area contributed by atoms with Crippen LogP contribution in [0.5, 0.6) is 11.6 Å². The zero-order valence-corrected chi connectivity index (χ0v) is 19.9. The molecule has 0 aliphatic carbocycles. The molecule has 0 aliphatic rings. The van der Waals surface area contributed by atoms with Crippen LogP contribution in [0.1, 0.15) is 31.1 Å². The molecule has 1 amide bonds. The largest absolute Gasteiger partial charge is 0.465 e. The number of anilines is 1. The summed E-state index contributed by atoms with van der Waals surface area (Å²) in [5.41, 5.74) is -0.529. The third-order valence-electron chi connectivity index (χ3n) is 4.40. The number of ether oxygens (including phenoxy) is 2. The number of sulfone groups is 1. The van der Waals surface area contributed by atoms with E-state index < -0.39 is 49.8 Å². The summed E-state index contributed by atoms with van der Waals surface area (Å²) >= 11 is 0. The van der Waals surface area contributed by atoms with E-state index in [1.54, 1.807) is 17.9 Å². The predicted octanol–water partition coefficient (Wildman–Crippen LogP) is 2.04. The van der Waals surface area contributed by atoms with Crippen molar-refractivity contribution in [3.63, 3.8) is 0 Å². The van der Waals surface area contributed by atoms with Gasteiger partial charge in [-0.05, 0) is 39.0 Å². The highest BCUT2D eigenvalue weighted by atomic mass is 32.2. The van der Waals surface area contributed by atoms with Gasteiger partial charge in [-0.2, -0.15) is 9.97 Å². The van der Waals surface area contributed by atoms with Crippen LogP contribution in [0.4, 0.5) is 11.5 Å². The lowest BCUT2D eigenvalue weighted by Gasteiger charge is -2.18. The molecule has 0 fully saturated rings. The highest BCUT2D eigenvalue weighted by molar-refractivity contribution is 7.90. The van der Waals surface area contributed by atoms with Crippen molar-refractivity contribution < 1.29 is 32.4 Å². The molecule has 0 unspecified atom stereocenters. The number of esters is 1. The first-order valence-corrected chi connectivity index (χ1v) is 12.1. The van der Waals surface area contributed by atoms with Gasteiger partial charge >= 0.3 is 17.5 Å². The van der Waals surface area contributed by atoms with Crippen LogP contribution in [0.3, 0.4) is 0 Å². The van der Waals surface area contributed by atoms with Gasteiger partial charge in [0.1, 0.15) is 12.3 Å². The number of benzene rings is 1. The van der Waals surface area contributed by atoms with Gasteiger partial charge in [-0.3, -0.25) is 19.7 Å². The maximum atomic E-state index is 12.6. The molecule has 2 rings (SSSR count). The fraction of sp³-hybridized carbons (Fsp3) is 0.400. The van der Waals surface area contributed by atoms with E-state index in [9.17, 15) is 28.1 Å². The van der Waals surface area contributed by atoms with Crippen LogP contribution in [0.15, 0.2) is 29.4 Å². The fourth-order valence-corrected chi connectivity index (χ4v) is 3.31. The Morgan fingerprint density at radius 3 is 2.41 bits per heavy atom. The molecule has 1 aromatic heterocycles. The first kappa shape index (κ1) is 26.4. The quantitative estimate of drug-likeness (QED) is 0.209. The second-order valence-electron chi connectivity index (χ2n) is 6.80. The van der Waals surface area contributed by atoms with E-state index in [1.807, 2.05) is 13.8 Å². The van der Waals surface area contributed by atoms with E-state index in [-0.39, 0.29) is 23.8 Å². The SMILES string of the molecule is CCOC(=O)CNc1nc(S(C)(=O)=O)nc(Oc2cccc(C(=O)N(CC)CC)c2)c1[N+](=O)[O-]. The number of amides is 1. The average Bonchev–Trinajstić information content (AvgIpc) is 2.77. The summed E-state index contributed by atoms with van der Waals surface area (Å²) in [6, 6.07) is 5.85. The Balaban J connectivity index is 2.54. The van der Waals surface area contributed by atoms with Gasteiger partial charge in [-0.25, -0.2) is 8.42 Å². The van der Waals surface area contributed by atoms with Gasteiger partial charge in [-0.15, -0.1) is 0 Å². The molecule has 0 saturated carbocycles. The number of hydrogen-bond donors (Lipinski definition) is 1. The van der Waals surface area contributed by atoms with Crippen molar-refractivity contribution >= 4 is 33.2 Å². The zero-order chi connectivity index (χ0) is 25.5. The lowest BCUT2D eigenvalue weighted by Crippen LogP contribution is -2.30. The summed E-state index contributed by atoms with van der Waals surface area (Å²) in [6.07, 6.45) is 0.816. The Morgan fingerprint density at radius 2 is 1.85 bits per heavy atom. The highest BCUT2D eigenvalue weighted by Gasteiger charge is 2.30. The standard InChI is InChI=1S/C20H25N5O8S/c1-5-24(6-2)19(27)13-9-8-10-14(11-13)33-18-16(25(28)29)17(21-12-15(26)32-7-3)22-20(23-18)34(4,30)31/h8-11H,5-7,12H2,1-4H3,(H,21,22,23). The molecule has 2 aromatic rings. The van der Waals surface area contributed by atoms with Crippen LogP contribution in [-0.2, 0) is 19.4 Å². The van der Waals surface area contributed by atoms with E-state index in [0.717, 1.165) is 6.26 Å². The first-order chi connectivity index (χ1) is 16.0. The van der Waals surface area contributed by atoms with Gasteiger partial charge in [-0.1, -0.05) is 6.07 Å². The summed E-state index contributed by atoms with van der Waals surface area (Å²) in [6.45, 7) is 5.75. The monoisotopic (exact) mass is 495 g/mol. The molecule has 0 saturated heterocycles. The summed E-state index contributed by atoms with van der Waals surface area (Å²) < 4.78 is 34.5. The van der Waals surface area contributed by atoms with Gasteiger partial charge in [0.25, 0.3) is 11.1 Å². The van der Waals surface area contributed by atoms with E-state index in [1.165, 1.54) is 18.2 Å². The second kappa shape index (κ2) is 11.4. The van der Waals surface area contributed by atoms with Crippen molar-refractivity contribution in [1.82, 2.24) is 14.9 Å². The number of carbonyl (C=O) groups excluding carboxylic acids is 2. The molecular weight excluding hydrogens is 470 g/mol. The molecule has 13 nitrogen and oxygen atoms in total. The fourth-order valence-electron chi connectivity index (χ4n) is 2.81. The number of hydrogen-bond acceptors (Lipinski definition) is 11. The molecular formula is C20H25N5O8S. The topological polar surface area (TPSA) is 171 Å². The summed E-state index contributed by atoms with van der Waals surface area (Å²) in [5.74, 6) is -2.23. The molecule has 1 aromatic carbocycles. The summed E-state index contributed by atoms with van der Waals surface area (Å²) in [4.78, 5) is 44.2. The number of nitrogens with one attached hydrogen (secondary N) is 1. The van der Waals surface area contributed by atoms with E-state index >= 15 is 0 Å². The van der Waals surface area contributed by atoms with Crippen LogP contribution < -0.4 is 10.1 Å². The smallest absolute Gasteiger partial charge is 0.373 e. The minimum absolute atomic E-state index is 0.00981. The number of rotatable bonds is 11. The Morgan fingerprint density at radius 1 is 1.18 bits per heavy atom. The van der Waals surface area contributed by atoms with E-state index in [0.29, 0.717) is 13.1 Å². The molecule has 0 aliphatic heterocycles. The van der Waals surface area contributed by atoms with Crippen LogP contribution in [0, 0.1) is 10.1 Å². The van der Waals surface area contributed by atoms with Crippen molar-refractivity contribution in [2.75, 3.05) is 37.8 Å². The Labute approximate surface area is 196 Å². The molecule has 1 heterocycles. The van der Waals surface area contributed by atoms with Gasteiger partial charge in [0.2, 0.25) is 15.7 Å². The van der Waals surface area contributed by atoms with Crippen LogP contribution in [0.25, 0.3) is 0 Å². The zero-order valence-electron chi connectivity index (χ0n) is 19.1. The minimum Gasteiger partial charge on any atom is -0.465 e. The number of nitro groups is 1. The third kappa shape index (κ3) is 6.60. The lowest BCUT2D eigenvalue weighted by molar-refractivity contribution is -0.385. The normalized spacial score (nSPS) is 10.9. The lowest BCUT2D eigenvalue weighted by atomic mass is 10.2. The van der Waals surface area contributed by atoms with Gasteiger partial charge in [0.05, 0.1) is 11.5 Å². The van der Waals surface area contributed by atoms with Crippen molar-refractivity contribution in [1.29, 1.82) is 0 Å². The van der Waals surface area contributed by atoms with Crippen LogP contribution >= 0.6 is 0 Å². The van der Waals surface area contributed by atoms with Gasteiger partial charge < -0.3 is 19.7 Å². The van der Waals surface area contributed by atoms with Crippen LogP contribution in [-0.4, -0.2) is 72.6 Å². The maximum absolute atomic E-state index is 12.6. The van der Waals surface area contributed by atoms with Crippen molar-refractivity contribution in [2.45, 2.75) is 25.9 Å².